The number of benzene rings is 1. The number of nitrogens with zero attached hydrogens (tertiary/aromatic N) is 1. The van der Waals surface area contributed by atoms with E-state index in [1.807, 2.05) is 17.8 Å². The van der Waals surface area contributed by atoms with E-state index in [9.17, 15) is 4.39 Å². The highest BCUT2D eigenvalue weighted by molar-refractivity contribution is 5.83. The summed E-state index contributed by atoms with van der Waals surface area (Å²) >= 11 is 0. The smallest absolute Gasteiger partial charge is 0.125 e. The van der Waals surface area contributed by atoms with Gasteiger partial charge in [-0.15, -0.1) is 0 Å². The minimum atomic E-state index is -0.237. The van der Waals surface area contributed by atoms with Gasteiger partial charge in [-0.25, -0.2) is 10.3 Å². The van der Waals surface area contributed by atoms with Crippen LogP contribution in [-0.2, 0) is 18.5 Å². The van der Waals surface area contributed by atoms with Crippen LogP contribution in [0.5, 0.6) is 0 Å². The zero-order valence-electron chi connectivity index (χ0n) is 7.83. The van der Waals surface area contributed by atoms with Crippen LogP contribution in [-0.4, -0.2) is 4.57 Å². The molecule has 0 unspecified atom stereocenters. The molecule has 0 amide bonds. The van der Waals surface area contributed by atoms with Gasteiger partial charge in [0.2, 0.25) is 0 Å². The van der Waals surface area contributed by atoms with Gasteiger partial charge in [-0.2, -0.15) is 0 Å². The predicted molar refractivity (Wildman–Crippen MR) is 51.9 cm³/mol. The van der Waals surface area contributed by atoms with Crippen molar-refractivity contribution >= 4 is 10.9 Å². The average molecular weight is 194 g/mol. The molecule has 0 fully saturated rings. The second-order valence-corrected chi connectivity index (χ2v) is 3.24. The van der Waals surface area contributed by atoms with Crippen molar-refractivity contribution in [1.82, 2.24) is 4.57 Å². The van der Waals surface area contributed by atoms with Gasteiger partial charge in [0, 0.05) is 24.2 Å². The topological polar surface area (TPSA) is 40.2 Å². The molecule has 2 N–H and O–H groups in total. The van der Waals surface area contributed by atoms with Crippen LogP contribution in [0, 0.1) is 5.82 Å². The Bertz CT molecular complexity index is 464. The predicted octanol–water partition coefficient (Wildman–Crippen LogP) is 1.71. The van der Waals surface area contributed by atoms with Gasteiger partial charge in [0.1, 0.15) is 5.82 Å². The highest BCUT2D eigenvalue weighted by Gasteiger charge is 2.06. The minimum absolute atomic E-state index is 0.237. The summed E-state index contributed by atoms with van der Waals surface area (Å²) in [6, 6.07) is 4.66. The molecule has 1 aromatic carbocycles. The van der Waals surface area contributed by atoms with Crippen LogP contribution in [0.4, 0.5) is 4.39 Å². The van der Waals surface area contributed by atoms with Crippen LogP contribution in [0.3, 0.4) is 0 Å². The molecule has 0 aliphatic rings. The Morgan fingerprint density at radius 2 is 2.29 bits per heavy atom. The monoisotopic (exact) mass is 194 g/mol. The Kier molecular flexibility index (Phi) is 2.23. The summed E-state index contributed by atoms with van der Waals surface area (Å²) in [6.45, 7) is 0.336. The molecule has 14 heavy (non-hydrogen) atoms. The Labute approximate surface area is 80.8 Å². The van der Waals surface area contributed by atoms with Crippen molar-refractivity contribution in [1.29, 1.82) is 0 Å². The minimum Gasteiger partial charge on any atom is -0.350 e. The number of rotatable bonds is 2. The first-order chi connectivity index (χ1) is 6.72. The lowest BCUT2D eigenvalue weighted by molar-refractivity contribution is 0.125. The molecular formula is C10H11FN2O. The van der Waals surface area contributed by atoms with Crippen molar-refractivity contribution in [3.05, 3.63) is 35.8 Å². The van der Waals surface area contributed by atoms with E-state index in [-0.39, 0.29) is 5.82 Å². The van der Waals surface area contributed by atoms with Crippen LogP contribution in [0.25, 0.3) is 10.9 Å². The second-order valence-electron chi connectivity index (χ2n) is 3.24. The Balaban J connectivity index is 2.65. The van der Waals surface area contributed by atoms with E-state index >= 15 is 0 Å². The summed E-state index contributed by atoms with van der Waals surface area (Å²) in [7, 11) is 1.86. The molecule has 74 valence electrons. The molecule has 0 bridgehead atoms. The lowest BCUT2D eigenvalue weighted by Crippen LogP contribution is -1.97. The fraction of sp³-hybridized carbons (Fsp3) is 0.200. The number of hydrogen-bond donors (Lipinski definition) is 1. The third kappa shape index (κ3) is 1.38. The first-order valence-corrected chi connectivity index (χ1v) is 4.27. The van der Waals surface area contributed by atoms with Gasteiger partial charge in [-0.05, 0) is 18.2 Å². The summed E-state index contributed by atoms with van der Waals surface area (Å²) in [4.78, 5) is 4.57. The molecule has 0 saturated heterocycles. The molecule has 0 aliphatic heterocycles. The lowest BCUT2D eigenvalue weighted by Gasteiger charge is -1.96. The van der Waals surface area contributed by atoms with E-state index in [2.05, 4.69) is 4.84 Å². The van der Waals surface area contributed by atoms with Gasteiger partial charge < -0.3 is 4.57 Å². The Hall–Kier alpha value is -1.39. The van der Waals surface area contributed by atoms with Gasteiger partial charge in [0.25, 0.3) is 0 Å². The van der Waals surface area contributed by atoms with Gasteiger partial charge in [-0.3, -0.25) is 4.84 Å². The van der Waals surface area contributed by atoms with Crippen molar-refractivity contribution in [2.75, 3.05) is 0 Å². The Morgan fingerprint density at radius 3 is 3.00 bits per heavy atom. The zero-order valence-corrected chi connectivity index (χ0v) is 7.83. The van der Waals surface area contributed by atoms with E-state index in [0.717, 1.165) is 16.5 Å². The van der Waals surface area contributed by atoms with Gasteiger partial charge >= 0.3 is 0 Å². The highest BCUT2D eigenvalue weighted by atomic mass is 19.1. The maximum absolute atomic E-state index is 12.9. The van der Waals surface area contributed by atoms with E-state index < -0.39 is 0 Å². The summed E-state index contributed by atoms with van der Waals surface area (Å²) in [5.41, 5.74) is 1.81. The average Bonchev–Trinajstić information content (AvgIpc) is 2.44. The third-order valence-electron chi connectivity index (χ3n) is 2.27. The molecule has 3 nitrogen and oxygen atoms in total. The fourth-order valence-electron chi connectivity index (χ4n) is 1.65. The largest absolute Gasteiger partial charge is 0.350 e. The molecule has 0 spiro atoms. The third-order valence-corrected chi connectivity index (χ3v) is 2.27. The quantitative estimate of drug-likeness (QED) is 0.739. The van der Waals surface area contributed by atoms with Gasteiger partial charge in [0.15, 0.2) is 0 Å². The molecule has 0 saturated carbocycles. The van der Waals surface area contributed by atoms with E-state index in [1.165, 1.54) is 12.1 Å². The van der Waals surface area contributed by atoms with Crippen LogP contribution in [0.2, 0.25) is 0 Å². The zero-order chi connectivity index (χ0) is 10.1. The SMILES string of the molecule is Cn1cc(CON)c2ccc(F)cc21. The summed E-state index contributed by atoms with van der Waals surface area (Å²) < 4.78 is 14.8. The van der Waals surface area contributed by atoms with Gasteiger partial charge in [-0.1, -0.05) is 0 Å². The van der Waals surface area contributed by atoms with Crippen LogP contribution in [0.15, 0.2) is 24.4 Å². The standard InChI is InChI=1S/C10H11FN2O/c1-13-5-7(6-14-12)9-3-2-8(11)4-10(9)13/h2-5H,6,12H2,1H3. The van der Waals surface area contributed by atoms with Crippen LogP contribution in [0.1, 0.15) is 5.56 Å². The normalized spacial score (nSPS) is 11.1. The molecule has 2 aromatic rings. The molecular weight excluding hydrogens is 183 g/mol. The first-order valence-electron chi connectivity index (χ1n) is 4.27. The van der Waals surface area contributed by atoms with E-state index in [4.69, 9.17) is 5.90 Å². The summed E-state index contributed by atoms with van der Waals surface area (Å²) in [5.74, 6) is 4.77. The Morgan fingerprint density at radius 1 is 1.50 bits per heavy atom. The number of halogens is 1. The second kappa shape index (κ2) is 3.40. The molecule has 1 aromatic heterocycles. The van der Waals surface area contributed by atoms with Crippen molar-refractivity contribution < 1.29 is 9.23 Å². The maximum Gasteiger partial charge on any atom is 0.125 e. The molecule has 2 rings (SSSR count). The van der Waals surface area contributed by atoms with Crippen molar-refractivity contribution in [3.63, 3.8) is 0 Å². The number of aromatic nitrogens is 1. The van der Waals surface area contributed by atoms with Gasteiger partial charge in [0.05, 0.1) is 12.1 Å². The number of aryl methyl sites for hydroxylation is 1. The summed E-state index contributed by atoms with van der Waals surface area (Å²) in [5, 5.41) is 0.972. The molecule has 1 heterocycles. The number of fused-ring (bicyclic) bond motifs is 1. The fourth-order valence-corrected chi connectivity index (χ4v) is 1.65. The van der Waals surface area contributed by atoms with Crippen molar-refractivity contribution in [2.45, 2.75) is 6.61 Å². The maximum atomic E-state index is 12.9. The molecule has 0 radical (unpaired) electrons. The molecule has 0 atom stereocenters. The van der Waals surface area contributed by atoms with Crippen LogP contribution >= 0.6 is 0 Å². The number of nitrogens with two attached hydrogens (primary N) is 1. The molecule has 0 aliphatic carbocycles. The lowest BCUT2D eigenvalue weighted by atomic mass is 10.2. The van der Waals surface area contributed by atoms with E-state index in [0.29, 0.717) is 6.61 Å². The highest BCUT2D eigenvalue weighted by Crippen LogP contribution is 2.21. The number of hydrogen-bond acceptors (Lipinski definition) is 2. The van der Waals surface area contributed by atoms with Crippen molar-refractivity contribution in [3.8, 4) is 0 Å². The van der Waals surface area contributed by atoms with Crippen molar-refractivity contribution in [2.24, 2.45) is 12.9 Å². The first kappa shape index (κ1) is 9.18. The molecule has 4 heteroatoms. The van der Waals surface area contributed by atoms with Crippen LogP contribution < -0.4 is 5.90 Å². The summed E-state index contributed by atoms with van der Waals surface area (Å²) in [6.07, 6.45) is 1.89. The van der Waals surface area contributed by atoms with E-state index in [1.54, 1.807) is 6.07 Å².